The first-order valence-electron chi connectivity index (χ1n) is 16.9. The Morgan fingerprint density at radius 1 is 0.750 bits per heavy atom. The second kappa shape index (κ2) is 18.3. The van der Waals surface area contributed by atoms with Crippen molar-refractivity contribution in [3.63, 3.8) is 0 Å². The van der Waals surface area contributed by atoms with Gasteiger partial charge >= 0.3 is 11.4 Å². The number of Topliss-reactive ketones (excluding diaryl/α,β-unsaturated/α-hetero) is 1. The third kappa shape index (κ3) is 11.1. The topological polar surface area (TPSA) is 198 Å². The lowest BCUT2D eigenvalue weighted by molar-refractivity contribution is -0.123. The van der Waals surface area contributed by atoms with E-state index in [-0.39, 0.29) is 62.2 Å². The lowest BCUT2D eigenvalue weighted by atomic mass is 10.3. The normalized spacial score (nSPS) is 12.8. The van der Waals surface area contributed by atoms with Gasteiger partial charge in [0.25, 0.3) is 11.1 Å². The molecule has 1 N–H and O–H groups in total. The van der Waals surface area contributed by atoms with E-state index in [1.165, 1.54) is 43.1 Å². The predicted molar refractivity (Wildman–Crippen MR) is 201 cm³/mol. The van der Waals surface area contributed by atoms with Crippen LogP contribution in [0.1, 0.15) is 0 Å². The minimum Gasteiger partial charge on any atom is -0.389 e. The highest BCUT2D eigenvalue weighted by atomic mass is 28.3. The van der Waals surface area contributed by atoms with Crippen molar-refractivity contribution in [2.75, 3.05) is 40.6 Å². The molecular weight excluding hydrogens is 713 g/mol. The Labute approximate surface area is 303 Å². The number of hydrogen-bond donors (Lipinski definition) is 1. The van der Waals surface area contributed by atoms with Crippen molar-refractivity contribution in [1.82, 2.24) is 37.4 Å². The molecule has 18 nitrogen and oxygen atoms in total. The van der Waals surface area contributed by atoms with E-state index in [1.807, 2.05) is 0 Å². The summed E-state index contributed by atoms with van der Waals surface area (Å²) in [5, 5.41) is 9.91. The van der Waals surface area contributed by atoms with Crippen LogP contribution in [0.5, 0.6) is 0 Å². The Bertz CT molecular complexity index is 2060. The van der Waals surface area contributed by atoms with E-state index in [0.717, 1.165) is 21.2 Å². The third-order valence-corrected chi connectivity index (χ3v) is 11.5. The highest BCUT2D eigenvalue weighted by Crippen LogP contribution is 2.11. The van der Waals surface area contributed by atoms with Gasteiger partial charge in [0.15, 0.2) is 28.1 Å². The number of methoxy groups -OCH3 is 2. The maximum Gasteiger partial charge on any atom is 0.332 e. The van der Waals surface area contributed by atoms with Crippen LogP contribution in [0.2, 0.25) is 51.4 Å². The molecule has 0 aliphatic carbocycles. The van der Waals surface area contributed by atoms with Crippen LogP contribution in [-0.2, 0) is 64.4 Å². The van der Waals surface area contributed by atoms with E-state index < -0.39 is 44.7 Å². The number of carbonyl (C=O) groups excluding carboxylic acids is 1. The highest BCUT2D eigenvalue weighted by molar-refractivity contribution is 6.76. The van der Waals surface area contributed by atoms with Gasteiger partial charge in [-0.15, -0.1) is 0 Å². The van der Waals surface area contributed by atoms with Crippen LogP contribution >= 0.6 is 0 Å². The number of nitrogens with zero attached hydrogens (tertiary/aromatic N) is 8. The molecule has 0 radical (unpaired) electrons. The average Bonchev–Trinajstić information content (AvgIpc) is 3.68. The van der Waals surface area contributed by atoms with E-state index in [9.17, 15) is 29.1 Å². The van der Waals surface area contributed by atoms with E-state index in [4.69, 9.17) is 18.9 Å². The molecule has 4 aromatic heterocycles. The Hall–Kier alpha value is -3.80. The lowest BCUT2D eigenvalue weighted by Gasteiger charge is -2.16. The molecule has 20 heteroatoms. The van der Waals surface area contributed by atoms with Crippen LogP contribution in [0.4, 0.5) is 0 Å². The summed E-state index contributed by atoms with van der Waals surface area (Å²) in [6.07, 6.45) is 2.02. The van der Waals surface area contributed by atoms with Crippen LogP contribution in [0.25, 0.3) is 22.3 Å². The zero-order chi connectivity index (χ0) is 39.0. The molecule has 52 heavy (non-hydrogen) atoms. The van der Waals surface area contributed by atoms with Crippen molar-refractivity contribution in [3.05, 3.63) is 54.3 Å². The first-order chi connectivity index (χ1) is 24.3. The summed E-state index contributed by atoms with van der Waals surface area (Å²) < 4.78 is 28.7. The van der Waals surface area contributed by atoms with Crippen molar-refractivity contribution >= 4 is 44.3 Å². The molecule has 4 rings (SSSR count). The standard InChI is InChI=1S/C16H28N4O5Si.C16H26N4O5Si/c2*1-18-14-13(15(22)20(16(18)23)8-12(21)9-24-2)19(10-17-14)11-25-6-7-26(3,4)5/h10,12,21H,6-9,11H2,1-5H3;10H,6-9,11H2,1-5H3. The summed E-state index contributed by atoms with van der Waals surface area (Å²) in [7, 11) is 3.49. The number of aromatic nitrogens is 8. The van der Waals surface area contributed by atoms with Crippen LogP contribution in [-0.4, -0.2) is 111 Å². The van der Waals surface area contributed by atoms with Gasteiger partial charge in [0.1, 0.15) is 20.1 Å². The summed E-state index contributed by atoms with van der Waals surface area (Å²) in [5.74, 6) is -0.358. The summed E-state index contributed by atoms with van der Waals surface area (Å²) >= 11 is 0. The fourth-order valence-electron chi connectivity index (χ4n) is 5.06. The van der Waals surface area contributed by atoms with Gasteiger partial charge in [-0.2, -0.15) is 0 Å². The number of hydrogen-bond acceptors (Lipinski definition) is 12. The lowest BCUT2D eigenvalue weighted by Crippen LogP contribution is -2.43. The molecule has 0 spiro atoms. The second-order valence-corrected chi connectivity index (χ2v) is 26.3. The van der Waals surface area contributed by atoms with Gasteiger partial charge in [0.05, 0.1) is 38.5 Å². The molecule has 4 heterocycles. The Morgan fingerprint density at radius 3 is 1.62 bits per heavy atom. The third-order valence-electron chi connectivity index (χ3n) is 8.05. The second-order valence-electron chi connectivity index (χ2n) is 15.0. The summed E-state index contributed by atoms with van der Waals surface area (Å²) in [4.78, 5) is 70.5. The summed E-state index contributed by atoms with van der Waals surface area (Å²) in [6, 6.07) is 2.03. The van der Waals surface area contributed by atoms with E-state index in [1.54, 1.807) is 16.2 Å². The van der Waals surface area contributed by atoms with Crippen molar-refractivity contribution in [2.24, 2.45) is 14.1 Å². The zero-order valence-electron chi connectivity index (χ0n) is 32.0. The molecular formula is C32H54N8O10Si2. The molecule has 0 amide bonds. The van der Waals surface area contributed by atoms with Crippen LogP contribution in [0, 0.1) is 0 Å². The fraction of sp³-hybridized carbons (Fsp3) is 0.656. The monoisotopic (exact) mass is 766 g/mol. The number of rotatable bonds is 18. The minimum absolute atomic E-state index is 0.0344. The SMILES string of the molecule is COCC(=O)Cn1c(=O)c2c(ncn2COCC[Si](C)(C)C)n(C)c1=O.COCC(O)Cn1c(=O)c2c(ncn2COCC[Si](C)(C)C)n(C)c1=O. The number of ether oxygens (including phenoxy) is 4. The largest absolute Gasteiger partial charge is 0.389 e. The molecule has 290 valence electrons. The van der Waals surface area contributed by atoms with Crippen molar-refractivity contribution in [3.8, 4) is 0 Å². The Kier molecular flexibility index (Phi) is 15.0. The molecule has 0 bridgehead atoms. The van der Waals surface area contributed by atoms with Crippen molar-refractivity contribution in [1.29, 1.82) is 0 Å². The Balaban J connectivity index is 0.000000280. The maximum absolute atomic E-state index is 12.8. The maximum atomic E-state index is 12.8. The zero-order valence-corrected chi connectivity index (χ0v) is 34.0. The molecule has 1 atom stereocenters. The highest BCUT2D eigenvalue weighted by Gasteiger charge is 2.20. The van der Waals surface area contributed by atoms with Gasteiger partial charge in [-0.1, -0.05) is 39.3 Å². The first-order valence-corrected chi connectivity index (χ1v) is 24.3. The van der Waals surface area contributed by atoms with Gasteiger partial charge in [-0.3, -0.25) is 32.7 Å². The number of ketones is 1. The van der Waals surface area contributed by atoms with Gasteiger partial charge in [0, 0.05) is 57.7 Å². The van der Waals surface area contributed by atoms with E-state index >= 15 is 0 Å². The number of fused-ring (bicyclic) bond motifs is 2. The average molecular weight is 767 g/mol. The van der Waals surface area contributed by atoms with E-state index in [2.05, 4.69) is 49.3 Å². The van der Waals surface area contributed by atoms with Crippen LogP contribution < -0.4 is 22.5 Å². The quantitative estimate of drug-likeness (QED) is 0.110. The summed E-state index contributed by atoms with van der Waals surface area (Å²) in [6.45, 7) is 14.5. The first kappa shape index (κ1) is 42.6. The molecule has 1 unspecified atom stereocenters. The van der Waals surface area contributed by atoms with Crippen molar-refractivity contribution < 1.29 is 28.8 Å². The molecule has 0 aliphatic rings. The molecule has 0 fully saturated rings. The fourth-order valence-corrected chi connectivity index (χ4v) is 6.57. The molecule has 0 saturated carbocycles. The summed E-state index contributed by atoms with van der Waals surface area (Å²) in [5.41, 5.74) is -1.08. The van der Waals surface area contributed by atoms with Gasteiger partial charge in [-0.05, 0) is 12.1 Å². The number of carbonyl (C=O) groups is 1. The molecule has 0 aliphatic heterocycles. The molecule has 0 aromatic carbocycles. The van der Waals surface area contributed by atoms with Crippen LogP contribution in [0.15, 0.2) is 31.8 Å². The van der Waals surface area contributed by atoms with Gasteiger partial charge in [0.2, 0.25) is 0 Å². The number of imidazole rings is 2. The number of aliphatic hydroxyl groups excluding tert-OH is 1. The Morgan fingerprint density at radius 2 is 1.19 bits per heavy atom. The number of aliphatic hydroxyl groups is 1. The predicted octanol–water partition coefficient (Wildman–Crippen LogP) is 0.641. The van der Waals surface area contributed by atoms with E-state index in [0.29, 0.717) is 18.9 Å². The minimum atomic E-state index is -1.21. The van der Waals surface area contributed by atoms with Gasteiger partial charge < -0.3 is 33.2 Å². The smallest absolute Gasteiger partial charge is 0.332 e. The number of aryl methyl sites for hydroxylation is 2. The van der Waals surface area contributed by atoms with Crippen LogP contribution in [0.3, 0.4) is 0 Å². The molecule has 4 aromatic rings. The molecule has 0 saturated heterocycles. The van der Waals surface area contributed by atoms with Gasteiger partial charge in [-0.25, -0.2) is 19.6 Å². The van der Waals surface area contributed by atoms with Crippen molar-refractivity contribution in [2.45, 2.75) is 84.0 Å².